The average molecular weight is 512 g/mol. The van der Waals surface area contributed by atoms with Crippen molar-refractivity contribution in [2.75, 3.05) is 0 Å². The molecule has 0 radical (unpaired) electrons. The summed E-state index contributed by atoms with van der Waals surface area (Å²) in [5, 5.41) is 5.78. The number of nitrogens with zero attached hydrogens (tertiary/aromatic N) is 1. The average Bonchev–Trinajstić information content (AvgIpc) is 3.25. The Balaban J connectivity index is 1.81. The lowest BCUT2D eigenvalue weighted by atomic mass is 9.85. The van der Waals surface area contributed by atoms with E-state index < -0.39 is 47.1 Å². The number of piperazine rings is 1. The number of carbonyl (C=O) groups excluding carboxylic acids is 3. The highest BCUT2D eigenvalue weighted by Crippen LogP contribution is 2.37. The van der Waals surface area contributed by atoms with Gasteiger partial charge in [0.2, 0.25) is 17.7 Å². The maximum Gasteiger partial charge on any atom is 0.247 e. The fourth-order valence-electron chi connectivity index (χ4n) is 5.49. The quantitative estimate of drug-likeness (QED) is 0.614. The number of halogens is 2. The molecule has 0 bridgehead atoms. The van der Waals surface area contributed by atoms with Crippen molar-refractivity contribution in [3.05, 3.63) is 70.8 Å². The van der Waals surface area contributed by atoms with Crippen molar-refractivity contribution in [3.8, 4) is 0 Å². The van der Waals surface area contributed by atoms with E-state index in [0.29, 0.717) is 25.3 Å². The van der Waals surface area contributed by atoms with Crippen LogP contribution in [0.3, 0.4) is 0 Å². The van der Waals surface area contributed by atoms with Crippen LogP contribution in [0.1, 0.15) is 63.8 Å². The van der Waals surface area contributed by atoms with Gasteiger partial charge in [-0.05, 0) is 62.6 Å². The molecule has 0 aromatic heterocycles. The fraction of sp³-hybridized carbons (Fsp3) is 0.483. The molecule has 0 saturated carbocycles. The van der Waals surface area contributed by atoms with Crippen molar-refractivity contribution >= 4 is 17.7 Å². The maximum atomic E-state index is 15.2. The molecular weight excluding hydrogens is 476 g/mol. The first-order chi connectivity index (χ1) is 17.4. The summed E-state index contributed by atoms with van der Waals surface area (Å²) in [7, 11) is 0. The molecule has 4 atom stereocenters. The molecule has 2 aromatic carbocycles. The Labute approximate surface area is 216 Å². The second-order valence-corrected chi connectivity index (χ2v) is 11.3. The molecule has 0 spiro atoms. The summed E-state index contributed by atoms with van der Waals surface area (Å²) < 4.78 is 29.0. The number of rotatable bonds is 6. The third-order valence-corrected chi connectivity index (χ3v) is 7.41. The third kappa shape index (κ3) is 5.38. The standard InChI is InChI=1S/C29H35F2N3O3/c1-6-16(2)24-26(35)32-23(19-13-17-9-7-8-10-18(17)14-19)28(37)34(24)25(27(36)33-29(3,4)5)21-12-11-20(30)15-22(21)31/h7-12,15-16,19,23-25H,6,13-14H2,1-5H3,(H,32,35)(H,33,36)/t16-,23+,24+,25+/m0/s1. The van der Waals surface area contributed by atoms with Crippen molar-refractivity contribution in [1.29, 1.82) is 0 Å². The molecular formula is C29H35F2N3O3. The first kappa shape index (κ1) is 26.8. The van der Waals surface area contributed by atoms with E-state index in [4.69, 9.17) is 0 Å². The molecule has 6 nitrogen and oxygen atoms in total. The topological polar surface area (TPSA) is 78.5 Å². The van der Waals surface area contributed by atoms with Gasteiger partial charge in [-0.15, -0.1) is 0 Å². The highest BCUT2D eigenvalue weighted by Gasteiger charge is 2.51. The van der Waals surface area contributed by atoms with E-state index in [1.54, 1.807) is 20.8 Å². The number of benzene rings is 2. The van der Waals surface area contributed by atoms with E-state index in [1.165, 1.54) is 11.0 Å². The molecule has 1 aliphatic carbocycles. The minimum Gasteiger partial charge on any atom is -0.349 e. The molecule has 1 heterocycles. The Morgan fingerprint density at radius 3 is 2.27 bits per heavy atom. The van der Waals surface area contributed by atoms with E-state index in [-0.39, 0.29) is 23.3 Å². The molecule has 37 heavy (non-hydrogen) atoms. The van der Waals surface area contributed by atoms with Crippen molar-refractivity contribution < 1.29 is 23.2 Å². The molecule has 8 heteroatoms. The smallest absolute Gasteiger partial charge is 0.247 e. The number of hydrogen-bond acceptors (Lipinski definition) is 3. The second kappa shape index (κ2) is 10.2. The van der Waals surface area contributed by atoms with Crippen LogP contribution in [0.2, 0.25) is 0 Å². The van der Waals surface area contributed by atoms with E-state index in [9.17, 15) is 18.8 Å². The van der Waals surface area contributed by atoms with E-state index in [2.05, 4.69) is 10.6 Å². The Bertz CT molecular complexity index is 1180. The van der Waals surface area contributed by atoms with Crippen LogP contribution in [0.25, 0.3) is 0 Å². The van der Waals surface area contributed by atoms with Gasteiger partial charge in [-0.3, -0.25) is 14.4 Å². The highest BCUT2D eigenvalue weighted by atomic mass is 19.1. The predicted octanol–water partition coefficient (Wildman–Crippen LogP) is 4.08. The summed E-state index contributed by atoms with van der Waals surface area (Å²) in [4.78, 5) is 42.8. The first-order valence-corrected chi connectivity index (χ1v) is 12.9. The van der Waals surface area contributed by atoms with Gasteiger partial charge in [-0.25, -0.2) is 8.78 Å². The lowest BCUT2D eigenvalue weighted by Crippen LogP contribution is -2.68. The summed E-state index contributed by atoms with van der Waals surface area (Å²) in [6.45, 7) is 9.05. The molecule has 0 unspecified atom stereocenters. The van der Waals surface area contributed by atoms with Crippen LogP contribution in [-0.2, 0) is 27.2 Å². The first-order valence-electron chi connectivity index (χ1n) is 12.9. The number of nitrogens with one attached hydrogen (secondary N) is 2. The molecule has 198 valence electrons. The van der Waals surface area contributed by atoms with Gasteiger partial charge in [0.1, 0.15) is 29.8 Å². The van der Waals surface area contributed by atoms with Crippen LogP contribution >= 0.6 is 0 Å². The van der Waals surface area contributed by atoms with Gasteiger partial charge in [0.05, 0.1) is 0 Å². The van der Waals surface area contributed by atoms with Crippen molar-refractivity contribution in [2.45, 2.75) is 77.5 Å². The van der Waals surface area contributed by atoms with Crippen LogP contribution in [0.4, 0.5) is 8.78 Å². The van der Waals surface area contributed by atoms with E-state index >= 15 is 4.39 Å². The Morgan fingerprint density at radius 1 is 1.11 bits per heavy atom. The minimum absolute atomic E-state index is 0.145. The van der Waals surface area contributed by atoms with Crippen LogP contribution in [0.15, 0.2) is 42.5 Å². The highest BCUT2D eigenvalue weighted by molar-refractivity contribution is 6.00. The summed E-state index contributed by atoms with van der Waals surface area (Å²) in [6, 6.07) is 7.56. The predicted molar refractivity (Wildman–Crippen MR) is 136 cm³/mol. The molecule has 1 saturated heterocycles. The minimum atomic E-state index is -1.44. The normalized spacial score (nSPS) is 21.9. The number of amides is 3. The second-order valence-electron chi connectivity index (χ2n) is 11.3. The monoisotopic (exact) mass is 511 g/mol. The largest absolute Gasteiger partial charge is 0.349 e. The molecule has 1 aliphatic heterocycles. The number of hydrogen-bond donors (Lipinski definition) is 2. The van der Waals surface area contributed by atoms with Gasteiger partial charge in [-0.1, -0.05) is 50.6 Å². The van der Waals surface area contributed by atoms with Crippen LogP contribution < -0.4 is 10.6 Å². The summed E-state index contributed by atoms with van der Waals surface area (Å²) in [5.41, 5.74) is 1.41. The summed E-state index contributed by atoms with van der Waals surface area (Å²) >= 11 is 0. The summed E-state index contributed by atoms with van der Waals surface area (Å²) in [5.74, 6) is -3.66. The lowest BCUT2D eigenvalue weighted by molar-refractivity contribution is -0.159. The van der Waals surface area contributed by atoms with E-state index in [0.717, 1.165) is 17.2 Å². The van der Waals surface area contributed by atoms with Gasteiger partial charge >= 0.3 is 0 Å². The van der Waals surface area contributed by atoms with Gasteiger partial charge < -0.3 is 15.5 Å². The molecule has 2 aromatic rings. The molecule has 3 amide bonds. The van der Waals surface area contributed by atoms with Gasteiger partial charge in [-0.2, -0.15) is 0 Å². The zero-order valence-corrected chi connectivity index (χ0v) is 22.0. The number of carbonyl (C=O) groups is 3. The fourth-order valence-corrected chi connectivity index (χ4v) is 5.49. The zero-order chi connectivity index (χ0) is 27.1. The lowest BCUT2D eigenvalue weighted by Gasteiger charge is -2.46. The third-order valence-electron chi connectivity index (χ3n) is 7.41. The Hall–Kier alpha value is -3.29. The molecule has 1 fully saturated rings. The Kier molecular flexibility index (Phi) is 7.40. The SMILES string of the molecule is CC[C@H](C)[C@@H]1C(=O)N[C@H](C2Cc3ccccc3C2)C(=O)N1[C@@H](C(=O)NC(C)(C)C)c1ccc(F)cc1F. The molecule has 2 aliphatic rings. The van der Waals surface area contributed by atoms with Gasteiger partial charge in [0.25, 0.3) is 0 Å². The van der Waals surface area contributed by atoms with Crippen LogP contribution in [0.5, 0.6) is 0 Å². The van der Waals surface area contributed by atoms with Crippen LogP contribution in [0, 0.1) is 23.5 Å². The number of fused-ring (bicyclic) bond motifs is 1. The zero-order valence-electron chi connectivity index (χ0n) is 22.0. The molecule has 2 N–H and O–H groups in total. The van der Waals surface area contributed by atoms with Crippen molar-refractivity contribution in [3.63, 3.8) is 0 Å². The Morgan fingerprint density at radius 2 is 1.73 bits per heavy atom. The maximum absolute atomic E-state index is 15.2. The van der Waals surface area contributed by atoms with Crippen molar-refractivity contribution in [1.82, 2.24) is 15.5 Å². The van der Waals surface area contributed by atoms with Gasteiger partial charge in [0.15, 0.2) is 0 Å². The molecule has 4 rings (SSSR count). The van der Waals surface area contributed by atoms with Crippen LogP contribution in [-0.4, -0.2) is 40.2 Å². The summed E-state index contributed by atoms with van der Waals surface area (Å²) in [6.07, 6.45) is 1.78. The van der Waals surface area contributed by atoms with Gasteiger partial charge in [0, 0.05) is 17.2 Å². The van der Waals surface area contributed by atoms with Crippen molar-refractivity contribution in [2.24, 2.45) is 11.8 Å². The van der Waals surface area contributed by atoms with E-state index in [1.807, 2.05) is 38.1 Å².